The number of halogens is 1. The lowest BCUT2D eigenvalue weighted by Crippen LogP contribution is -2.36. The average molecular weight is 601 g/mol. The molecule has 9 nitrogen and oxygen atoms in total. The molecule has 2 amide bonds. The number of aryl methyl sites for hydroxylation is 2. The third kappa shape index (κ3) is 7.44. The van der Waals surface area contributed by atoms with Gasteiger partial charge in [0.15, 0.2) is 23.1 Å². The van der Waals surface area contributed by atoms with E-state index in [0.29, 0.717) is 53.6 Å². The number of fused-ring (bicyclic) bond motifs is 1. The molecule has 1 fully saturated rings. The molecule has 0 aliphatic carbocycles. The number of piperidine rings is 1. The van der Waals surface area contributed by atoms with E-state index in [1.807, 2.05) is 32.0 Å². The molecule has 3 aromatic carbocycles. The summed E-state index contributed by atoms with van der Waals surface area (Å²) in [6.07, 6.45) is 4.26. The van der Waals surface area contributed by atoms with Gasteiger partial charge in [-0.2, -0.15) is 0 Å². The summed E-state index contributed by atoms with van der Waals surface area (Å²) in [5.41, 5.74) is 4.04. The number of methoxy groups -OCH3 is 1. The van der Waals surface area contributed by atoms with Crippen LogP contribution in [0.1, 0.15) is 29.5 Å². The Balaban J connectivity index is 1.21. The molecule has 1 aliphatic heterocycles. The Kier molecular flexibility index (Phi) is 9.91. The molecule has 3 N–H and O–H groups in total. The van der Waals surface area contributed by atoms with Gasteiger partial charge >= 0.3 is 11.8 Å². The molecule has 0 bridgehead atoms. The molecule has 1 aliphatic rings. The number of carbonyl (C=O) groups excluding carboxylic acids is 2. The minimum absolute atomic E-state index is 0.0568. The normalized spacial score (nSPS) is 13.4. The summed E-state index contributed by atoms with van der Waals surface area (Å²) >= 11 is 0. The van der Waals surface area contributed by atoms with Crippen molar-refractivity contribution < 1.29 is 28.2 Å². The summed E-state index contributed by atoms with van der Waals surface area (Å²) in [6.45, 7) is 6.88. The first-order valence-electron chi connectivity index (χ1n) is 14.7. The van der Waals surface area contributed by atoms with E-state index in [4.69, 9.17) is 14.2 Å². The zero-order chi connectivity index (χ0) is 31.1. The van der Waals surface area contributed by atoms with Crippen LogP contribution in [0.5, 0.6) is 23.0 Å². The summed E-state index contributed by atoms with van der Waals surface area (Å²) in [4.78, 5) is 29.2. The van der Waals surface area contributed by atoms with Gasteiger partial charge in [-0.25, -0.2) is 4.39 Å². The molecule has 1 aromatic heterocycles. The third-order valence-electron chi connectivity index (χ3n) is 7.72. The van der Waals surface area contributed by atoms with Crippen LogP contribution in [-0.4, -0.2) is 50.1 Å². The van der Waals surface area contributed by atoms with Crippen molar-refractivity contribution in [2.75, 3.05) is 38.7 Å². The van der Waals surface area contributed by atoms with Crippen molar-refractivity contribution in [1.82, 2.24) is 15.6 Å². The van der Waals surface area contributed by atoms with Gasteiger partial charge < -0.3 is 30.2 Å². The van der Waals surface area contributed by atoms with Crippen LogP contribution in [0.2, 0.25) is 0 Å². The van der Waals surface area contributed by atoms with Crippen molar-refractivity contribution in [3.05, 3.63) is 83.3 Å². The highest BCUT2D eigenvalue weighted by Crippen LogP contribution is 2.40. The molecule has 5 rings (SSSR count). The van der Waals surface area contributed by atoms with Gasteiger partial charge in [0, 0.05) is 29.9 Å². The molecule has 0 spiro atoms. The largest absolute Gasteiger partial charge is 0.491 e. The molecule has 2 heterocycles. The fraction of sp³-hybridized carbons (Fsp3) is 0.324. The predicted molar refractivity (Wildman–Crippen MR) is 167 cm³/mol. The van der Waals surface area contributed by atoms with E-state index in [2.05, 4.69) is 27.0 Å². The van der Waals surface area contributed by atoms with Crippen LogP contribution in [0.3, 0.4) is 0 Å². The summed E-state index contributed by atoms with van der Waals surface area (Å²) in [5.74, 6) is -0.544. The number of anilines is 1. The molecule has 1 saturated heterocycles. The highest BCUT2D eigenvalue weighted by Gasteiger charge is 2.19. The van der Waals surface area contributed by atoms with Gasteiger partial charge in [-0.1, -0.05) is 23.8 Å². The Hall–Kier alpha value is -4.70. The third-order valence-corrected chi connectivity index (χ3v) is 7.72. The number of aromatic nitrogens is 1. The molecule has 230 valence electrons. The van der Waals surface area contributed by atoms with Crippen molar-refractivity contribution in [2.24, 2.45) is 5.92 Å². The Labute approximate surface area is 256 Å². The van der Waals surface area contributed by atoms with E-state index in [-0.39, 0.29) is 11.4 Å². The quantitative estimate of drug-likeness (QED) is 0.207. The lowest BCUT2D eigenvalue weighted by atomic mass is 9.99. The van der Waals surface area contributed by atoms with Crippen LogP contribution < -0.4 is 30.2 Å². The standard InChI is InChI=1S/C34H37FN4O5/c1-21-4-5-24(22(2)18-21)12-16-38-33(40)34(41)39-25-6-8-29(27(35)19-25)44-28-13-17-37-31-26(28)7-9-30(32(31)42-3)43-20-23-10-14-36-15-11-23/h4-9,13,17-19,23,36H,10-12,14-16,20H2,1-3H3,(H,38,40)(H,39,41). The fourth-order valence-electron chi connectivity index (χ4n) is 5.29. The number of carbonyl (C=O) groups is 2. The zero-order valence-corrected chi connectivity index (χ0v) is 25.2. The average Bonchev–Trinajstić information content (AvgIpc) is 3.02. The van der Waals surface area contributed by atoms with Crippen LogP contribution in [0, 0.1) is 25.6 Å². The second-order valence-corrected chi connectivity index (χ2v) is 10.9. The number of ether oxygens (including phenoxy) is 3. The maximum atomic E-state index is 15.1. The first-order valence-corrected chi connectivity index (χ1v) is 14.7. The number of nitrogens with one attached hydrogen (secondary N) is 3. The van der Waals surface area contributed by atoms with Crippen LogP contribution in [0.15, 0.2) is 60.8 Å². The van der Waals surface area contributed by atoms with Crippen LogP contribution in [0.4, 0.5) is 10.1 Å². The molecule has 0 unspecified atom stereocenters. The molecule has 0 atom stereocenters. The maximum absolute atomic E-state index is 15.1. The summed E-state index contributed by atoms with van der Waals surface area (Å²) in [6, 6.07) is 15.3. The van der Waals surface area contributed by atoms with Gasteiger partial charge in [-0.05, 0) is 93.6 Å². The van der Waals surface area contributed by atoms with Crippen molar-refractivity contribution in [2.45, 2.75) is 33.1 Å². The summed E-state index contributed by atoms with van der Waals surface area (Å²) in [5, 5.41) is 9.02. The monoisotopic (exact) mass is 600 g/mol. The van der Waals surface area contributed by atoms with Crippen molar-refractivity contribution in [3.8, 4) is 23.0 Å². The van der Waals surface area contributed by atoms with Gasteiger partial charge in [0.1, 0.15) is 11.3 Å². The second-order valence-electron chi connectivity index (χ2n) is 10.9. The number of rotatable bonds is 10. The highest BCUT2D eigenvalue weighted by molar-refractivity contribution is 6.39. The molecule has 0 radical (unpaired) electrons. The minimum Gasteiger partial charge on any atom is -0.491 e. The number of amides is 2. The van der Waals surface area contributed by atoms with Crippen LogP contribution >= 0.6 is 0 Å². The second kappa shape index (κ2) is 14.2. The minimum atomic E-state index is -0.885. The Morgan fingerprint density at radius 2 is 1.77 bits per heavy atom. The van der Waals surface area contributed by atoms with Gasteiger partial charge in [-0.3, -0.25) is 14.6 Å². The van der Waals surface area contributed by atoms with E-state index in [9.17, 15) is 9.59 Å². The lowest BCUT2D eigenvalue weighted by Gasteiger charge is -2.23. The van der Waals surface area contributed by atoms with E-state index in [1.165, 1.54) is 12.1 Å². The number of hydrogen-bond donors (Lipinski definition) is 3. The van der Waals surface area contributed by atoms with Gasteiger partial charge in [0.25, 0.3) is 0 Å². The summed E-state index contributed by atoms with van der Waals surface area (Å²) in [7, 11) is 1.55. The number of nitrogens with zero attached hydrogens (tertiary/aromatic N) is 1. The molecule has 10 heteroatoms. The van der Waals surface area contributed by atoms with Gasteiger partial charge in [0.2, 0.25) is 0 Å². The van der Waals surface area contributed by atoms with Crippen molar-refractivity contribution in [3.63, 3.8) is 0 Å². The predicted octanol–water partition coefficient (Wildman–Crippen LogP) is 5.47. The zero-order valence-electron chi connectivity index (χ0n) is 25.2. The number of hydrogen-bond acceptors (Lipinski definition) is 7. The van der Waals surface area contributed by atoms with E-state index >= 15 is 4.39 Å². The lowest BCUT2D eigenvalue weighted by molar-refractivity contribution is -0.136. The Morgan fingerprint density at radius 1 is 0.977 bits per heavy atom. The Bertz CT molecular complexity index is 1650. The van der Waals surface area contributed by atoms with E-state index < -0.39 is 17.6 Å². The maximum Gasteiger partial charge on any atom is 0.313 e. The Morgan fingerprint density at radius 3 is 2.52 bits per heavy atom. The van der Waals surface area contributed by atoms with Crippen LogP contribution in [0.25, 0.3) is 10.9 Å². The van der Waals surface area contributed by atoms with E-state index in [0.717, 1.165) is 48.7 Å². The SMILES string of the molecule is COc1c(OCC2CCNCC2)ccc2c(Oc3ccc(NC(=O)C(=O)NCCc4ccc(C)cc4C)cc3F)ccnc12. The van der Waals surface area contributed by atoms with Crippen molar-refractivity contribution >= 4 is 28.4 Å². The molecular formula is C34H37FN4O5. The van der Waals surface area contributed by atoms with Crippen molar-refractivity contribution in [1.29, 1.82) is 0 Å². The topological polar surface area (TPSA) is 111 Å². The first-order chi connectivity index (χ1) is 21.3. The van der Waals surface area contributed by atoms with Gasteiger partial charge in [-0.15, -0.1) is 0 Å². The summed E-state index contributed by atoms with van der Waals surface area (Å²) < 4.78 is 32.8. The van der Waals surface area contributed by atoms with Crippen LogP contribution in [-0.2, 0) is 16.0 Å². The van der Waals surface area contributed by atoms with Gasteiger partial charge in [0.05, 0.1) is 13.7 Å². The fourth-order valence-corrected chi connectivity index (χ4v) is 5.29. The smallest absolute Gasteiger partial charge is 0.313 e. The number of pyridine rings is 1. The molecular weight excluding hydrogens is 563 g/mol. The van der Waals surface area contributed by atoms with E-state index in [1.54, 1.807) is 25.4 Å². The molecule has 44 heavy (non-hydrogen) atoms. The number of benzene rings is 3. The molecule has 4 aromatic rings. The first kappa shape index (κ1) is 30.7. The molecule has 0 saturated carbocycles. The highest BCUT2D eigenvalue weighted by atomic mass is 19.1.